The van der Waals surface area contributed by atoms with Gasteiger partial charge >= 0.3 is 0 Å². The molecule has 2 aliphatic rings. The monoisotopic (exact) mass is 155 g/mol. The van der Waals surface area contributed by atoms with Crippen molar-refractivity contribution in [3.8, 4) is 0 Å². The fraction of sp³-hybridized carbons (Fsp3) is 1.00. The van der Waals surface area contributed by atoms with E-state index in [0.717, 1.165) is 12.8 Å². The SMILES string of the molecule is C[C@@H]1CCC2CC[C@@H](C)[N+]21[O-]. The summed E-state index contributed by atoms with van der Waals surface area (Å²) in [7, 11) is 0. The van der Waals surface area contributed by atoms with Crippen molar-refractivity contribution < 1.29 is 4.65 Å². The second-order valence-corrected chi connectivity index (χ2v) is 4.27. The molecule has 0 amide bonds. The van der Waals surface area contributed by atoms with E-state index in [-0.39, 0.29) is 4.65 Å². The number of hydrogen-bond acceptors (Lipinski definition) is 1. The van der Waals surface area contributed by atoms with E-state index in [9.17, 15) is 5.21 Å². The lowest BCUT2D eigenvalue weighted by atomic mass is 10.1. The van der Waals surface area contributed by atoms with Gasteiger partial charge in [0.05, 0.1) is 18.1 Å². The van der Waals surface area contributed by atoms with Crippen molar-refractivity contribution in [1.29, 1.82) is 0 Å². The zero-order valence-electron chi connectivity index (χ0n) is 7.42. The molecule has 2 heteroatoms. The standard InChI is InChI=1S/C9H17NO/c1-7-3-5-9-6-4-8(2)10(7,9)11/h7-9H,3-6H2,1-2H3/t7-,8-,9?,10?/m1/s1. The van der Waals surface area contributed by atoms with Crippen molar-refractivity contribution in [1.82, 2.24) is 0 Å². The molecule has 2 saturated heterocycles. The van der Waals surface area contributed by atoms with Crippen molar-refractivity contribution >= 4 is 0 Å². The topological polar surface area (TPSA) is 23.1 Å². The molecule has 0 aromatic heterocycles. The third-order valence-electron chi connectivity index (χ3n) is 3.78. The van der Waals surface area contributed by atoms with Crippen LogP contribution >= 0.6 is 0 Å². The van der Waals surface area contributed by atoms with E-state index in [2.05, 4.69) is 13.8 Å². The lowest BCUT2D eigenvalue weighted by Crippen LogP contribution is -2.51. The Hall–Kier alpha value is -0.0800. The lowest BCUT2D eigenvalue weighted by Gasteiger charge is -2.47. The van der Waals surface area contributed by atoms with Gasteiger partial charge in [0.15, 0.2) is 0 Å². The van der Waals surface area contributed by atoms with Crippen molar-refractivity contribution in [2.75, 3.05) is 0 Å². The summed E-state index contributed by atoms with van der Waals surface area (Å²) in [6.45, 7) is 4.24. The van der Waals surface area contributed by atoms with Crippen LogP contribution in [0.15, 0.2) is 0 Å². The molecule has 0 unspecified atom stereocenters. The van der Waals surface area contributed by atoms with Crippen LogP contribution in [0.5, 0.6) is 0 Å². The molecule has 2 rings (SSSR count). The highest BCUT2D eigenvalue weighted by Gasteiger charge is 2.48. The summed E-state index contributed by atoms with van der Waals surface area (Å²) in [4.78, 5) is 0. The minimum atomic E-state index is 0.139. The van der Waals surface area contributed by atoms with Gasteiger partial charge in [-0.3, -0.25) is 0 Å². The minimum absolute atomic E-state index is 0.139. The van der Waals surface area contributed by atoms with Crippen LogP contribution in [0.3, 0.4) is 0 Å². The number of hydroxylamine groups is 3. The Kier molecular flexibility index (Phi) is 1.52. The van der Waals surface area contributed by atoms with Crippen LogP contribution in [0.1, 0.15) is 39.5 Å². The van der Waals surface area contributed by atoms with Gasteiger partial charge in [-0.15, -0.1) is 0 Å². The molecule has 0 spiro atoms. The summed E-state index contributed by atoms with van der Waals surface area (Å²) in [6, 6.07) is 1.20. The quantitative estimate of drug-likeness (QED) is 0.388. The number of quaternary nitrogens is 1. The molecule has 0 aromatic rings. The van der Waals surface area contributed by atoms with Gasteiger partial charge in [-0.2, -0.15) is 0 Å². The van der Waals surface area contributed by atoms with Crippen molar-refractivity contribution in [2.45, 2.75) is 57.7 Å². The third-order valence-corrected chi connectivity index (χ3v) is 3.78. The van der Waals surface area contributed by atoms with E-state index in [1.807, 2.05) is 0 Å². The first-order chi connectivity index (χ1) is 5.15. The summed E-state index contributed by atoms with van der Waals surface area (Å²) < 4.78 is 0.139. The van der Waals surface area contributed by atoms with Gasteiger partial charge in [0.25, 0.3) is 0 Å². The Morgan fingerprint density at radius 1 is 1.00 bits per heavy atom. The molecule has 2 nitrogen and oxygen atoms in total. The molecule has 0 N–H and O–H groups in total. The Morgan fingerprint density at radius 3 is 1.82 bits per heavy atom. The van der Waals surface area contributed by atoms with Crippen molar-refractivity contribution in [2.24, 2.45) is 0 Å². The van der Waals surface area contributed by atoms with E-state index < -0.39 is 0 Å². The average molecular weight is 155 g/mol. The maximum absolute atomic E-state index is 12.3. The predicted octanol–water partition coefficient (Wildman–Crippen LogP) is 2.03. The maximum atomic E-state index is 12.3. The fourth-order valence-electron chi connectivity index (χ4n) is 2.97. The second kappa shape index (κ2) is 2.20. The predicted molar refractivity (Wildman–Crippen MR) is 44.8 cm³/mol. The molecule has 2 aliphatic heterocycles. The highest BCUT2D eigenvalue weighted by atomic mass is 16.6. The molecule has 2 heterocycles. The van der Waals surface area contributed by atoms with Crippen LogP contribution in [0.25, 0.3) is 0 Å². The van der Waals surface area contributed by atoms with Gasteiger partial charge in [0.1, 0.15) is 0 Å². The highest BCUT2D eigenvalue weighted by Crippen LogP contribution is 2.43. The van der Waals surface area contributed by atoms with Crippen LogP contribution in [-0.2, 0) is 0 Å². The third kappa shape index (κ3) is 0.798. The Bertz CT molecular complexity index is 155. The van der Waals surface area contributed by atoms with E-state index >= 15 is 0 Å². The number of nitrogens with zero attached hydrogens (tertiary/aromatic N) is 1. The molecule has 11 heavy (non-hydrogen) atoms. The first-order valence-electron chi connectivity index (χ1n) is 4.74. The molecule has 64 valence electrons. The highest BCUT2D eigenvalue weighted by molar-refractivity contribution is 4.83. The van der Waals surface area contributed by atoms with Gasteiger partial charge in [0.2, 0.25) is 0 Å². The van der Waals surface area contributed by atoms with Gasteiger partial charge < -0.3 is 9.85 Å². The summed E-state index contributed by atoms with van der Waals surface area (Å²) in [6.07, 6.45) is 4.65. The Labute approximate surface area is 68.4 Å². The molecule has 0 bridgehead atoms. The summed E-state index contributed by atoms with van der Waals surface area (Å²) in [5.41, 5.74) is 0. The minimum Gasteiger partial charge on any atom is -0.632 e. The summed E-state index contributed by atoms with van der Waals surface area (Å²) in [5, 5.41) is 12.3. The van der Waals surface area contributed by atoms with E-state index in [4.69, 9.17) is 0 Å². The largest absolute Gasteiger partial charge is 0.632 e. The second-order valence-electron chi connectivity index (χ2n) is 4.27. The molecular formula is C9H17NO. The smallest absolute Gasteiger partial charge is 0.0896 e. The normalized spacial score (nSPS) is 56.5. The van der Waals surface area contributed by atoms with Crippen LogP contribution in [-0.4, -0.2) is 22.8 Å². The lowest BCUT2D eigenvalue weighted by molar-refractivity contribution is -0.922. The van der Waals surface area contributed by atoms with Gasteiger partial charge in [-0.05, 0) is 13.8 Å². The van der Waals surface area contributed by atoms with Crippen LogP contribution < -0.4 is 0 Å². The molecule has 2 fully saturated rings. The van der Waals surface area contributed by atoms with Gasteiger partial charge in [0, 0.05) is 25.7 Å². The number of rotatable bonds is 0. The number of fused-ring (bicyclic) bond motifs is 1. The molecule has 0 aromatic carbocycles. The molecule has 2 atom stereocenters. The Morgan fingerprint density at radius 2 is 1.45 bits per heavy atom. The van der Waals surface area contributed by atoms with E-state index in [0.29, 0.717) is 18.1 Å². The van der Waals surface area contributed by atoms with E-state index in [1.54, 1.807) is 0 Å². The molecule has 0 aliphatic carbocycles. The number of hydrogen-bond donors (Lipinski definition) is 0. The van der Waals surface area contributed by atoms with E-state index in [1.165, 1.54) is 12.8 Å². The first kappa shape index (κ1) is 7.56. The van der Waals surface area contributed by atoms with Gasteiger partial charge in [-0.1, -0.05) is 0 Å². The molecular weight excluding hydrogens is 138 g/mol. The van der Waals surface area contributed by atoms with Gasteiger partial charge in [-0.25, -0.2) is 0 Å². The first-order valence-corrected chi connectivity index (χ1v) is 4.74. The average Bonchev–Trinajstić information content (AvgIpc) is 2.40. The Balaban J connectivity index is 2.27. The van der Waals surface area contributed by atoms with Crippen molar-refractivity contribution in [3.63, 3.8) is 0 Å². The molecule has 0 radical (unpaired) electrons. The zero-order chi connectivity index (χ0) is 8.06. The van der Waals surface area contributed by atoms with Crippen LogP contribution in [0.4, 0.5) is 0 Å². The van der Waals surface area contributed by atoms with Crippen LogP contribution in [0.2, 0.25) is 0 Å². The summed E-state index contributed by atoms with van der Waals surface area (Å²) in [5.74, 6) is 0. The maximum Gasteiger partial charge on any atom is 0.0896 e. The molecule has 0 saturated carbocycles. The van der Waals surface area contributed by atoms with Crippen LogP contribution in [0, 0.1) is 5.21 Å². The summed E-state index contributed by atoms with van der Waals surface area (Å²) >= 11 is 0. The zero-order valence-corrected chi connectivity index (χ0v) is 7.42. The van der Waals surface area contributed by atoms with Crippen molar-refractivity contribution in [3.05, 3.63) is 5.21 Å². The fourth-order valence-corrected chi connectivity index (χ4v) is 2.97.